The van der Waals surface area contributed by atoms with Gasteiger partial charge in [0.1, 0.15) is 11.6 Å². The van der Waals surface area contributed by atoms with Gasteiger partial charge in [-0.05, 0) is 17.7 Å². The maximum absolute atomic E-state index is 13.6. The summed E-state index contributed by atoms with van der Waals surface area (Å²) in [4.78, 5) is 21.8. The van der Waals surface area contributed by atoms with E-state index in [-0.39, 0.29) is 28.6 Å². The molecule has 0 spiro atoms. The number of fused-ring (bicyclic) bond motifs is 1. The predicted molar refractivity (Wildman–Crippen MR) is 68.6 cm³/mol. The van der Waals surface area contributed by atoms with Crippen molar-refractivity contribution in [3.63, 3.8) is 0 Å². The minimum Gasteiger partial charge on any atom is -0.310 e. The normalized spacial score (nSPS) is 11.2. The molecule has 0 saturated heterocycles. The van der Waals surface area contributed by atoms with E-state index in [1.54, 1.807) is 0 Å². The van der Waals surface area contributed by atoms with E-state index in [1.165, 1.54) is 17.0 Å². The van der Waals surface area contributed by atoms with E-state index in [2.05, 4.69) is 15.0 Å². The lowest BCUT2D eigenvalue weighted by Gasteiger charge is -2.05. The van der Waals surface area contributed by atoms with Gasteiger partial charge in [-0.25, -0.2) is 13.8 Å². The summed E-state index contributed by atoms with van der Waals surface area (Å²) in [7, 11) is 0. The van der Waals surface area contributed by atoms with Crippen molar-refractivity contribution in [3.05, 3.63) is 57.4 Å². The van der Waals surface area contributed by atoms with Crippen LogP contribution < -0.4 is 5.56 Å². The quantitative estimate of drug-likeness (QED) is 0.737. The molecule has 2 heterocycles. The number of imidazole rings is 1. The number of nitrogens with one attached hydrogen (secondary N) is 1. The number of rotatable bonds is 2. The van der Waals surface area contributed by atoms with E-state index in [1.807, 2.05) is 0 Å². The molecule has 8 heteroatoms. The molecule has 3 rings (SSSR count). The third-order valence-corrected chi connectivity index (χ3v) is 2.98. The van der Waals surface area contributed by atoms with Crippen LogP contribution in [-0.2, 0) is 6.54 Å². The number of aromatic nitrogens is 4. The molecule has 0 fully saturated rings. The average Bonchev–Trinajstić information content (AvgIpc) is 2.76. The molecule has 0 amide bonds. The number of H-pyrrole nitrogens is 1. The smallest absolute Gasteiger partial charge is 0.280 e. The number of nitrogens with zero attached hydrogens (tertiary/aromatic N) is 3. The Morgan fingerprint density at radius 3 is 2.90 bits per heavy atom. The Morgan fingerprint density at radius 1 is 1.35 bits per heavy atom. The summed E-state index contributed by atoms with van der Waals surface area (Å²) in [5.41, 5.74) is 0.127. The molecule has 102 valence electrons. The first kappa shape index (κ1) is 12.7. The zero-order valence-electron chi connectivity index (χ0n) is 9.90. The summed E-state index contributed by atoms with van der Waals surface area (Å²) in [6, 6.07) is 3.28. The minimum atomic E-state index is -0.678. The van der Waals surface area contributed by atoms with Gasteiger partial charge in [0.2, 0.25) is 5.28 Å². The highest BCUT2D eigenvalue weighted by atomic mass is 35.5. The number of benzene rings is 1. The van der Waals surface area contributed by atoms with Crippen LogP contribution in [0.5, 0.6) is 0 Å². The van der Waals surface area contributed by atoms with Crippen LogP contribution in [0.4, 0.5) is 8.78 Å². The van der Waals surface area contributed by atoms with Crippen molar-refractivity contribution in [2.45, 2.75) is 6.54 Å². The molecule has 2 aromatic heterocycles. The SMILES string of the molecule is O=c1[nH]c(Cl)nc2c1ncn2Cc1ccc(F)cc1F. The van der Waals surface area contributed by atoms with Crippen LogP contribution in [0.2, 0.25) is 5.28 Å². The third-order valence-electron chi connectivity index (χ3n) is 2.80. The largest absolute Gasteiger partial charge is 0.310 e. The van der Waals surface area contributed by atoms with Crippen LogP contribution in [0.3, 0.4) is 0 Å². The van der Waals surface area contributed by atoms with Crippen molar-refractivity contribution in [3.8, 4) is 0 Å². The predicted octanol–water partition coefficient (Wildman–Crippen LogP) is 2.10. The standard InChI is InChI=1S/C12H7ClF2N4O/c13-12-17-10-9(11(20)18-12)16-5-19(10)4-6-1-2-7(14)3-8(6)15/h1-3,5H,4H2,(H,17,18,20). The van der Waals surface area contributed by atoms with E-state index in [4.69, 9.17) is 11.6 Å². The summed E-state index contributed by atoms with van der Waals surface area (Å²) in [5, 5.41) is -0.0798. The van der Waals surface area contributed by atoms with E-state index in [0.717, 1.165) is 12.1 Å². The van der Waals surface area contributed by atoms with E-state index < -0.39 is 17.2 Å². The summed E-state index contributed by atoms with van der Waals surface area (Å²) < 4.78 is 27.9. The Kier molecular flexibility index (Phi) is 2.98. The molecule has 1 N–H and O–H groups in total. The van der Waals surface area contributed by atoms with Gasteiger partial charge in [0, 0.05) is 11.6 Å². The van der Waals surface area contributed by atoms with E-state index in [0.29, 0.717) is 0 Å². The summed E-state index contributed by atoms with van der Waals surface area (Å²) in [6.07, 6.45) is 1.35. The fourth-order valence-electron chi connectivity index (χ4n) is 1.88. The number of halogens is 3. The molecule has 0 aliphatic rings. The second kappa shape index (κ2) is 4.68. The molecule has 3 aromatic rings. The first-order valence-electron chi connectivity index (χ1n) is 5.59. The summed E-state index contributed by atoms with van der Waals surface area (Å²) in [5.74, 6) is -1.33. The molecule has 0 radical (unpaired) electrons. The molecule has 0 bridgehead atoms. The average molecular weight is 297 g/mol. The van der Waals surface area contributed by atoms with Crippen molar-refractivity contribution >= 4 is 22.8 Å². The highest BCUT2D eigenvalue weighted by Crippen LogP contribution is 2.14. The van der Waals surface area contributed by atoms with Crippen molar-refractivity contribution in [1.82, 2.24) is 19.5 Å². The maximum Gasteiger partial charge on any atom is 0.280 e. The molecule has 5 nitrogen and oxygen atoms in total. The lowest BCUT2D eigenvalue weighted by molar-refractivity contribution is 0.567. The molecular formula is C12H7ClF2N4O. The van der Waals surface area contributed by atoms with Crippen LogP contribution in [0.1, 0.15) is 5.56 Å². The minimum absolute atomic E-state index is 0.0649. The fraction of sp³-hybridized carbons (Fsp3) is 0.0833. The van der Waals surface area contributed by atoms with Gasteiger partial charge in [-0.3, -0.25) is 9.78 Å². The van der Waals surface area contributed by atoms with Crippen LogP contribution in [0, 0.1) is 11.6 Å². The van der Waals surface area contributed by atoms with E-state index >= 15 is 0 Å². The monoisotopic (exact) mass is 296 g/mol. The molecular weight excluding hydrogens is 290 g/mol. The van der Waals surface area contributed by atoms with Crippen LogP contribution in [-0.4, -0.2) is 19.5 Å². The lowest BCUT2D eigenvalue weighted by Crippen LogP contribution is -2.09. The zero-order valence-corrected chi connectivity index (χ0v) is 10.7. The molecule has 0 aliphatic heterocycles. The topological polar surface area (TPSA) is 63.6 Å². The number of aromatic amines is 1. The number of hydrogen-bond donors (Lipinski definition) is 1. The Balaban J connectivity index is 2.09. The van der Waals surface area contributed by atoms with Gasteiger partial charge in [-0.1, -0.05) is 6.07 Å². The van der Waals surface area contributed by atoms with Gasteiger partial charge in [-0.15, -0.1) is 0 Å². The van der Waals surface area contributed by atoms with Crippen molar-refractivity contribution in [2.24, 2.45) is 0 Å². The summed E-state index contributed by atoms with van der Waals surface area (Å²) in [6.45, 7) is 0.0649. The molecule has 0 aliphatic carbocycles. The first-order chi connectivity index (χ1) is 9.54. The van der Waals surface area contributed by atoms with Crippen molar-refractivity contribution in [1.29, 1.82) is 0 Å². The van der Waals surface area contributed by atoms with Gasteiger partial charge in [0.05, 0.1) is 12.9 Å². The van der Waals surface area contributed by atoms with Crippen LogP contribution >= 0.6 is 11.6 Å². The van der Waals surface area contributed by atoms with Gasteiger partial charge in [0.25, 0.3) is 5.56 Å². The molecule has 1 aromatic carbocycles. The number of hydrogen-bond acceptors (Lipinski definition) is 3. The van der Waals surface area contributed by atoms with E-state index in [9.17, 15) is 13.6 Å². The Bertz CT molecular complexity index is 858. The lowest BCUT2D eigenvalue weighted by atomic mass is 10.2. The Morgan fingerprint density at radius 2 is 2.15 bits per heavy atom. The molecule has 0 saturated carbocycles. The van der Waals surface area contributed by atoms with Crippen molar-refractivity contribution < 1.29 is 8.78 Å². The third kappa shape index (κ3) is 2.16. The van der Waals surface area contributed by atoms with Gasteiger partial charge in [0.15, 0.2) is 11.2 Å². The summed E-state index contributed by atoms with van der Waals surface area (Å²) >= 11 is 5.68. The van der Waals surface area contributed by atoms with Crippen LogP contribution in [0.25, 0.3) is 11.2 Å². The zero-order chi connectivity index (χ0) is 14.3. The highest BCUT2D eigenvalue weighted by Gasteiger charge is 2.11. The second-order valence-corrected chi connectivity index (χ2v) is 4.50. The second-order valence-electron chi connectivity index (χ2n) is 4.14. The van der Waals surface area contributed by atoms with Gasteiger partial charge >= 0.3 is 0 Å². The first-order valence-corrected chi connectivity index (χ1v) is 5.97. The Labute approximate surface area is 115 Å². The van der Waals surface area contributed by atoms with Crippen LogP contribution in [0.15, 0.2) is 29.3 Å². The van der Waals surface area contributed by atoms with Crippen molar-refractivity contribution in [2.75, 3.05) is 0 Å². The molecule has 0 atom stereocenters. The van der Waals surface area contributed by atoms with Gasteiger partial charge in [-0.2, -0.15) is 4.98 Å². The maximum atomic E-state index is 13.6. The Hall–Kier alpha value is -2.28. The van der Waals surface area contributed by atoms with Gasteiger partial charge < -0.3 is 4.57 Å². The molecule has 20 heavy (non-hydrogen) atoms. The molecule has 0 unspecified atom stereocenters. The fourth-order valence-corrected chi connectivity index (χ4v) is 2.04. The highest BCUT2D eigenvalue weighted by molar-refractivity contribution is 6.28.